The number of aromatic nitrogens is 3. The molecule has 0 atom stereocenters. The third-order valence-electron chi connectivity index (χ3n) is 4.22. The maximum atomic E-state index is 13.1. The van der Waals surface area contributed by atoms with E-state index in [1.54, 1.807) is 6.92 Å². The molecule has 0 spiro atoms. The van der Waals surface area contributed by atoms with Gasteiger partial charge in [-0.1, -0.05) is 11.3 Å². The number of halogens is 1. The van der Waals surface area contributed by atoms with Gasteiger partial charge in [-0.3, -0.25) is 14.9 Å². The predicted molar refractivity (Wildman–Crippen MR) is 107 cm³/mol. The fourth-order valence-corrected chi connectivity index (χ4v) is 3.73. The van der Waals surface area contributed by atoms with E-state index in [0.717, 1.165) is 6.07 Å². The van der Waals surface area contributed by atoms with E-state index < -0.39 is 26.7 Å². The highest BCUT2D eigenvalue weighted by Gasteiger charge is 2.19. The van der Waals surface area contributed by atoms with E-state index in [1.807, 2.05) is 0 Å². The summed E-state index contributed by atoms with van der Waals surface area (Å²) in [4.78, 5) is 22.2. The van der Waals surface area contributed by atoms with Crippen molar-refractivity contribution in [1.29, 1.82) is 0 Å². The average Bonchev–Trinajstić information content (AvgIpc) is 3.13. The van der Waals surface area contributed by atoms with Gasteiger partial charge in [0.15, 0.2) is 5.69 Å². The van der Waals surface area contributed by atoms with Gasteiger partial charge >= 0.3 is 0 Å². The van der Waals surface area contributed by atoms with Crippen molar-refractivity contribution in [2.45, 2.75) is 11.8 Å². The molecule has 0 fully saturated rings. The number of non-ortho nitro benzene ring substituents is 1. The zero-order valence-corrected chi connectivity index (χ0v) is 17.0. The van der Waals surface area contributed by atoms with Crippen LogP contribution in [0.15, 0.2) is 53.4 Å². The quantitative estimate of drug-likeness (QED) is 0.300. The lowest BCUT2D eigenvalue weighted by Gasteiger charge is -2.08. The predicted octanol–water partition coefficient (Wildman–Crippen LogP) is 1.33. The molecule has 0 radical (unpaired) electrons. The van der Waals surface area contributed by atoms with Crippen molar-refractivity contribution in [1.82, 2.24) is 25.0 Å². The molecule has 1 aromatic heterocycles. The number of nitro groups is 1. The normalized spacial score (nSPS) is 11.3. The number of amides is 1. The van der Waals surface area contributed by atoms with Crippen molar-refractivity contribution in [2.75, 3.05) is 13.1 Å². The van der Waals surface area contributed by atoms with Crippen molar-refractivity contribution in [2.24, 2.45) is 0 Å². The zero-order valence-electron chi connectivity index (χ0n) is 16.1. The van der Waals surface area contributed by atoms with E-state index in [9.17, 15) is 27.7 Å². The largest absolute Gasteiger partial charge is 0.349 e. The second kappa shape index (κ2) is 8.97. The summed E-state index contributed by atoms with van der Waals surface area (Å²) in [6.07, 6.45) is 0. The molecule has 0 aliphatic carbocycles. The van der Waals surface area contributed by atoms with Gasteiger partial charge in [0.25, 0.3) is 11.6 Å². The van der Waals surface area contributed by atoms with Gasteiger partial charge in [0.2, 0.25) is 10.0 Å². The molecule has 1 amide bonds. The van der Waals surface area contributed by atoms with Crippen molar-refractivity contribution in [3.8, 4) is 5.69 Å². The Hall–Kier alpha value is -3.71. The first-order valence-electron chi connectivity index (χ1n) is 8.89. The molecule has 0 saturated heterocycles. The third-order valence-corrected chi connectivity index (χ3v) is 5.68. The number of nitrogens with zero attached hydrogens (tertiary/aromatic N) is 4. The highest BCUT2D eigenvalue weighted by molar-refractivity contribution is 7.89. The van der Waals surface area contributed by atoms with Gasteiger partial charge in [-0.25, -0.2) is 22.2 Å². The van der Waals surface area contributed by atoms with E-state index in [0.29, 0.717) is 11.4 Å². The molecule has 31 heavy (non-hydrogen) atoms. The number of carbonyl (C=O) groups is 1. The fraction of sp³-hybridized carbons (Fsp3) is 0.167. The Labute approximate surface area is 176 Å². The summed E-state index contributed by atoms with van der Waals surface area (Å²) in [5.74, 6) is -0.979. The molecule has 11 nitrogen and oxygen atoms in total. The number of hydrogen-bond acceptors (Lipinski definition) is 7. The van der Waals surface area contributed by atoms with Crippen LogP contribution in [-0.4, -0.2) is 47.3 Å². The highest BCUT2D eigenvalue weighted by atomic mass is 32.2. The summed E-state index contributed by atoms with van der Waals surface area (Å²) in [5.41, 5.74) is 0.623. The maximum Gasteiger partial charge on any atom is 0.273 e. The molecule has 2 N–H and O–H groups in total. The number of carbonyl (C=O) groups excluding carboxylic acids is 1. The van der Waals surface area contributed by atoms with Crippen LogP contribution in [0.5, 0.6) is 0 Å². The molecule has 13 heteroatoms. The monoisotopic (exact) mass is 448 g/mol. The van der Waals surface area contributed by atoms with Crippen LogP contribution < -0.4 is 10.0 Å². The summed E-state index contributed by atoms with van der Waals surface area (Å²) in [5, 5.41) is 21.0. The number of rotatable bonds is 8. The summed E-state index contributed by atoms with van der Waals surface area (Å²) >= 11 is 0. The Morgan fingerprint density at radius 2 is 1.90 bits per heavy atom. The van der Waals surface area contributed by atoms with Gasteiger partial charge in [0, 0.05) is 25.2 Å². The minimum Gasteiger partial charge on any atom is -0.349 e. The van der Waals surface area contributed by atoms with Gasteiger partial charge in [-0.2, -0.15) is 0 Å². The van der Waals surface area contributed by atoms with Crippen LogP contribution in [0.3, 0.4) is 0 Å². The molecular formula is C18H17FN6O5S. The molecule has 0 aliphatic rings. The molecule has 3 rings (SSSR count). The Balaban J connectivity index is 1.59. The van der Waals surface area contributed by atoms with E-state index in [4.69, 9.17) is 0 Å². The molecular weight excluding hydrogens is 431 g/mol. The van der Waals surface area contributed by atoms with E-state index >= 15 is 0 Å². The number of nitrogens with one attached hydrogen (secondary N) is 2. The van der Waals surface area contributed by atoms with Gasteiger partial charge in [0.05, 0.1) is 21.2 Å². The van der Waals surface area contributed by atoms with Crippen LogP contribution in [0.25, 0.3) is 5.69 Å². The number of sulfonamides is 1. The van der Waals surface area contributed by atoms with Crippen molar-refractivity contribution in [3.05, 3.63) is 75.9 Å². The molecule has 0 unspecified atom stereocenters. The van der Waals surface area contributed by atoms with Crippen molar-refractivity contribution >= 4 is 21.6 Å². The maximum absolute atomic E-state index is 13.1. The van der Waals surface area contributed by atoms with Crippen LogP contribution in [0, 0.1) is 22.9 Å². The van der Waals surface area contributed by atoms with E-state index in [-0.39, 0.29) is 29.4 Å². The average molecular weight is 448 g/mol. The van der Waals surface area contributed by atoms with Crippen molar-refractivity contribution < 1.29 is 22.5 Å². The second-order valence-corrected chi connectivity index (χ2v) is 8.09. The first-order chi connectivity index (χ1) is 14.7. The van der Waals surface area contributed by atoms with E-state index in [2.05, 4.69) is 20.4 Å². The highest BCUT2D eigenvalue weighted by Crippen LogP contribution is 2.17. The lowest BCUT2D eigenvalue weighted by atomic mass is 10.3. The van der Waals surface area contributed by atoms with Crippen LogP contribution in [-0.2, 0) is 10.0 Å². The molecule has 0 aliphatic heterocycles. The minimum atomic E-state index is -3.99. The van der Waals surface area contributed by atoms with Crippen LogP contribution in [0.1, 0.15) is 16.2 Å². The molecule has 2 aromatic carbocycles. The van der Waals surface area contributed by atoms with Gasteiger partial charge in [-0.15, -0.1) is 5.10 Å². The Morgan fingerprint density at radius 1 is 1.19 bits per heavy atom. The Morgan fingerprint density at radius 3 is 2.58 bits per heavy atom. The first-order valence-corrected chi connectivity index (χ1v) is 10.4. The first kappa shape index (κ1) is 22.0. The van der Waals surface area contributed by atoms with Crippen LogP contribution in [0.4, 0.5) is 10.1 Å². The topological polar surface area (TPSA) is 149 Å². The lowest BCUT2D eigenvalue weighted by molar-refractivity contribution is -0.385. The summed E-state index contributed by atoms with van der Waals surface area (Å²) < 4.78 is 41.2. The summed E-state index contributed by atoms with van der Waals surface area (Å²) in [6, 6.07) is 10.1. The fourth-order valence-electron chi connectivity index (χ4n) is 2.66. The number of nitro benzene ring substituents is 1. The number of benzene rings is 2. The lowest BCUT2D eigenvalue weighted by Crippen LogP contribution is -2.35. The molecule has 162 valence electrons. The van der Waals surface area contributed by atoms with Gasteiger partial charge in [0.1, 0.15) is 5.82 Å². The SMILES string of the molecule is Cc1c(C(=O)NCCNS(=O)(=O)c2cccc([N+](=O)[O-])c2)nnn1-c1ccc(F)cc1. The number of hydrogen-bond donors (Lipinski definition) is 2. The Bertz CT molecular complexity index is 1230. The minimum absolute atomic E-state index is 0.0332. The standard InChI is InChI=1S/C18H17FN6O5S/c1-12-17(22-23-24(12)14-7-5-13(19)6-8-14)18(26)20-9-10-21-31(29,30)16-4-2-3-15(11-16)25(27)28/h2-8,11,21H,9-10H2,1H3,(H,20,26). The molecule has 0 saturated carbocycles. The van der Waals surface area contributed by atoms with E-state index in [1.165, 1.54) is 47.1 Å². The smallest absolute Gasteiger partial charge is 0.273 e. The molecule has 0 bridgehead atoms. The second-order valence-electron chi connectivity index (χ2n) is 6.32. The molecule has 3 aromatic rings. The van der Waals surface area contributed by atoms with Crippen LogP contribution >= 0.6 is 0 Å². The third kappa shape index (κ3) is 5.07. The molecule has 1 heterocycles. The van der Waals surface area contributed by atoms with Crippen molar-refractivity contribution in [3.63, 3.8) is 0 Å². The summed E-state index contributed by atoms with van der Waals surface area (Å²) in [7, 11) is -3.99. The zero-order chi connectivity index (χ0) is 22.6. The van der Waals surface area contributed by atoms with Gasteiger partial charge < -0.3 is 5.32 Å². The Kier molecular flexibility index (Phi) is 6.36. The van der Waals surface area contributed by atoms with Crippen LogP contribution in [0.2, 0.25) is 0 Å². The summed E-state index contributed by atoms with van der Waals surface area (Å²) in [6.45, 7) is 1.40. The van der Waals surface area contributed by atoms with Gasteiger partial charge in [-0.05, 0) is 37.3 Å².